The molecule has 27 heavy (non-hydrogen) atoms. The topological polar surface area (TPSA) is 80.5 Å². The lowest BCUT2D eigenvalue weighted by molar-refractivity contribution is -0.121. The van der Waals surface area contributed by atoms with E-state index in [0.717, 1.165) is 25.2 Å². The van der Waals surface area contributed by atoms with E-state index < -0.39 is 0 Å². The largest absolute Gasteiger partial charge is 0.373 e. The van der Waals surface area contributed by atoms with Gasteiger partial charge in [-0.15, -0.1) is 0 Å². The smallest absolute Gasteiger partial charge is 0.227 e. The zero-order valence-electron chi connectivity index (χ0n) is 15.7. The SMILES string of the molecule is CC1CN(CCNC(=O)CCc2nc(-c3ccc(Cl)cc3)no2)CC(C)O1. The number of hydrogen-bond donors (Lipinski definition) is 1. The number of halogens is 1. The van der Waals surface area contributed by atoms with Gasteiger partial charge in [0.25, 0.3) is 0 Å². The molecule has 1 fully saturated rings. The highest BCUT2D eigenvalue weighted by atomic mass is 35.5. The van der Waals surface area contributed by atoms with Gasteiger partial charge in [0.15, 0.2) is 0 Å². The van der Waals surface area contributed by atoms with Gasteiger partial charge in [-0.05, 0) is 38.1 Å². The van der Waals surface area contributed by atoms with E-state index in [2.05, 4.69) is 34.2 Å². The summed E-state index contributed by atoms with van der Waals surface area (Å²) in [5.41, 5.74) is 0.827. The Morgan fingerprint density at radius 1 is 1.26 bits per heavy atom. The van der Waals surface area contributed by atoms with Gasteiger partial charge in [-0.1, -0.05) is 16.8 Å². The van der Waals surface area contributed by atoms with Crippen LogP contribution in [0.25, 0.3) is 11.4 Å². The molecule has 8 heteroatoms. The normalized spacial score (nSPS) is 20.6. The number of carbonyl (C=O) groups is 1. The predicted octanol–water partition coefficient (Wildman–Crippen LogP) is 2.55. The molecule has 2 unspecified atom stereocenters. The van der Waals surface area contributed by atoms with Crippen molar-refractivity contribution in [2.45, 2.75) is 38.9 Å². The van der Waals surface area contributed by atoms with Crippen molar-refractivity contribution >= 4 is 17.5 Å². The number of nitrogens with one attached hydrogen (secondary N) is 1. The fourth-order valence-corrected chi connectivity index (χ4v) is 3.33. The Labute approximate surface area is 164 Å². The van der Waals surface area contributed by atoms with Crippen LogP contribution in [0.1, 0.15) is 26.2 Å². The molecule has 1 aliphatic heterocycles. The summed E-state index contributed by atoms with van der Waals surface area (Å²) in [6, 6.07) is 7.21. The van der Waals surface area contributed by atoms with Crippen LogP contribution >= 0.6 is 11.6 Å². The highest BCUT2D eigenvalue weighted by Gasteiger charge is 2.21. The second-order valence-electron chi connectivity index (χ2n) is 6.89. The molecule has 2 heterocycles. The summed E-state index contributed by atoms with van der Waals surface area (Å²) in [6.07, 6.45) is 1.20. The zero-order valence-corrected chi connectivity index (χ0v) is 16.4. The monoisotopic (exact) mass is 392 g/mol. The van der Waals surface area contributed by atoms with E-state index in [1.54, 1.807) is 12.1 Å². The predicted molar refractivity (Wildman–Crippen MR) is 103 cm³/mol. The van der Waals surface area contributed by atoms with Gasteiger partial charge in [0.05, 0.1) is 12.2 Å². The Morgan fingerprint density at radius 2 is 1.96 bits per heavy atom. The number of benzene rings is 1. The lowest BCUT2D eigenvalue weighted by Crippen LogP contribution is -2.47. The van der Waals surface area contributed by atoms with E-state index in [1.807, 2.05) is 12.1 Å². The van der Waals surface area contributed by atoms with Gasteiger partial charge in [-0.2, -0.15) is 4.98 Å². The zero-order chi connectivity index (χ0) is 19.2. The number of ether oxygens (including phenoxy) is 1. The minimum absolute atomic E-state index is 0.0180. The van der Waals surface area contributed by atoms with Crippen LogP contribution in [-0.4, -0.2) is 59.3 Å². The van der Waals surface area contributed by atoms with Crippen LogP contribution in [0.5, 0.6) is 0 Å². The third kappa shape index (κ3) is 6.02. The van der Waals surface area contributed by atoms with Gasteiger partial charge in [0, 0.05) is 49.6 Å². The van der Waals surface area contributed by atoms with Crippen molar-refractivity contribution in [1.82, 2.24) is 20.4 Å². The summed E-state index contributed by atoms with van der Waals surface area (Å²) in [4.78, 5) is 18.7. The van der Waals surface area contributed by atoms with Crippen molar-refractivity contribution in [3.8, 4) is 11.4 Å². The molecule has 1 amide bonds. The number of aromatic nitrogens is 2. The molecular formula is C19H25ClN4O3. The molecule has 1 aromatic carbocycles. The van der Waals surface area contributed by atoms with Crippen LogP contribution in [0, 0.1) is 0 Å². The highest BCUT2D eigenvalue weighted by Crippen LogP contribution is 2.19. The van der Waals surface area contributed by atoms with Gasteiger partial charge in [0.1, 0.15) is 0 Å². The number of rotatable bonds is 7. The van der Waals surface area contributed by atoms with Crippen molar-refractivity contribution in [3.05, 3.63) is 35.2 Å². The maximum atomic E-state index is 12.0. The summed E-state index contributed by atoms with van der Waals surface area (Å²) in [7, 11) is 0. The Balaban J connectivity index is 1.39. The van der Waals surface area contributed by atoms with Crippen molar-refractivity contribution in [2.24, 2.45) is 0 Å². The van der Waals surface area contributed by atoms with Crippen LogP contribution in [0.4, 0.5) is 0 Å². The minimum Gasteiger partial charge on any atom is -0.373 e. The number of aryl methyl sites for hydroxylation is 1. The maximum absolute atomic E-state index is 12.0. The lowest BCUT2D eigenvalue weighted by atomic mass is 10.2. The number of hydrogen-bond acceptors (Lipinski definition) is 6. The molecule has 0 saturated carbocycles. The van der Waals surface area contributed by atoms with Crippen LogP contribution < -0.4 is 5.32 Å². The average molecular weight is 393 g/mol. The van der Waals surface area contributed by atoms with E-state index in [1.165, 1.54) is 0 Å². The van der Waals surface area contributed by atoms with Crippen molar-refractivity contribution in [3.63, 3.8) is 0 Å². The van der Waals surface area contributed by atoms with Gasteiger partial charge < -0.3 is 14.6 Å². The minimum atomic E-state index is -0.0180. The molecule has 146 valence electrons. The fourth-order valence-electron chi connectivity index (χ4n) is 3.20. The first kappa shape index (κ1) is 19.8. The average Bonchev–Trinajstić information content (AvgIpc) is 3.09. The number of nitrogens with zero attached hydrogens (tertiary/aromatic N) is 3. The molecule has 0 bridgehead atoms. The fraction of sp³-hybridized carbons (Fsp3) is 0.526. The first-order valence-electron chi connectivity index (χ1n) is 9.22. The summed E-state index contributed by atoms with van der Waals surface area (Å²) < 4.78 is 10.9. The van der Waals surface area contributed by atoms with Crippen LogP contribution in [-0.2, 0) is 16.0 Å². The van der Waals surface area contributed by atoms with E-state index in [4.69, 9.17) is 20.9 Å². The Hall–Kier alpha value is -1.96. The van der Waals surface area contributed by atoms with Gasteiger partial charge >= 0.3 is 0 Å². The molecule has 0 spiro atoms. The molecule has 3 rings (SSSR count). The Kier molecular flexibility index (Phi) is 6.82. The molecule has 0 radical (unpaired) electrons. The summed E-state index contributed by atoms with van der Waals surface area (Å²) in [6.45, 7) is 7.39. The second kappa shape index (κ2) is 9.30. The van der Waals surface area contributed by atoms with Crippen molar-refractivity contribution in [2.75, 3.05) is 26.2 Å². The van der Waals surface area contributed by atoms with Gasteiger partial charge in [0.2, 0.25) is 17.6 Å². The summed E-state index contributed by atoms with van der Waals surface area (Å²) in [5, 5.41) is 7.55. The molecule has 1 aliphatic rings. The molecule has 1 N–H and O–H groups in total. The van der Waals surface area contributed by atoms with E-state index in [0.29, 0.717) is 36.1 Å². The number of amides is 1. The summed E-state index contributed by atoms with van der Waals surface area (Å²) >= 11 is 5.88. The van der Waals surface area contributed by atoms with Gasteiger partial charge in [-0.3, -0.25) is 9.69 Å². The van der Waals surface area contributed by atoms with E-state index in [9.17, 15) is 4.79 Å². The first-order chi connectivity index (χ1) is 13.0. The third-order valence-electron chi connectivity index (χ3n) is 4.38. The van der Waals surface area contributed by atoms with Crippen molar-refractivity contribution in [1.29, 1.82) is 0 Å². The molecule has 0 aliphatic carbocycles. The van der Waals surface area contributed by atoms with Crippen LogP contribution in [0.3, 0.4) is 0 Å². The number of carbonyl (C=O) groups excluding carboxylic acids is 1. The quantitative estimate of drug-likeness (QED) is 0.779. The molecular weight excluding hydrogens is 368 g/mol. The molecule has 1 aromatic heterocycles. The Bertz CT molecular complexity index is 740. The van der Waals surface area contributed by atoms with Crippen LogP contribution in [0.2, 0.25) is 5.02 Å². The lowest BCUT2D eigenvalue weighted by Gasteiger charge is -2.35. The molecule has 2 atom stereocenters. The first-order valence-corrected chi connectivity index (χ1v) is 9.60. The molecule has 1 saturated heterocycles. The molecule has 2 aromatic rings. The standard InChI is InChI=1S/C19H25ClN4O3/c1-13-11-24(12-14(2)26-13)10-9-21-17(25)7-8-18-22-19(23-27-18)15-3-5-16(20)6-4-15/h3-6,13-14H,7-12H2,1-2H3,(H,21,25). The van der Waals surface area contributed by atoms with E-state index >= 15 is 0 Å². The second-order valence-corrected chi connectivity index (χ2v) is 7.32. The van der Waals surface area contributed by atoms with E-state index in [-0.39, 0.29) is 18.1 Å². The van der Waals surface area contributed by atoms with Gasteiger partial charge in [-0.25, -0.2) is 0 Å². The molecule has 7 nitrogen and oxygen atoms in total. The Morgan fingerprint density at radius 3 is 2.67 bits per heavy atom. The maximum Gasteiger partial charge on any atom is 0.227 e. The summed E-state index contributed by atoms with van der Waals surface area (Å²) in [5.74, 6) is 0.930. The van der Waals surface area contributed by atoms with Crippen molar-refractivity contribution < 1.29 is 14.1 Å². The van der Waals surface area contributed by atoms with Crippen LogP contribution in [0.15, 0.2) is 28.8 Å². The third-order valence-corrected chi connectivity index (χ3v) is 4.63. The highest BCUT2D eigenvalue weighted by molar-refractivity contribution is 6.30. The number of morpholine rings is 1.